The number of Topliss-reactive ketones (excluding diaryl/α,β-unsaturated/α-hetero) is 1. The Morgan fingerprint density at radius 2 is 1.68 bits per heavy atom. The topological polar surface area (TPSA) is 88.5 Å². The molecule has 2 fully saturated rings. The Labute approximate surface area is 217 Å². The second-order valence-corrected chi connectivity index (χ2v) is 8.93. The average Bonchev–Trinajstić information content (AvgIpc) is 3.18. The van der Waals surface area contributed by atoms with Gasteiger partial charge in [-0.25, -0.2) is 0 Å². The molecule has 8 nitrogen and oxygen atoms in total. The van der Waals surface area contributed by atoms with Crippen LogP contribution in [0.3, 0.4) is 0 Å². The number of amides is 1. The van der Waals surface area contributed by atoms with Gasteiger partial charge in [-0.2, -0.15) is 0 Å². The molecule has 2 saturated heterocycles. The SMILES string of the molecule is C=CCOc1ccc([C@@H]2/C(=C(\O)c3ccc(OCC)cc3)C(=O)C(=O)N2CCCN2CCOCC2)cc1. The van der Waals surface area contributed by atoms with Gasteiger partial charge in [-0.15, -0.1) is 0 Å². The zero-order valence-corrected chi connectivity index (χ0v) is 21.2. The van der Waals surface area contributed by atoms with Crippen molar-refractivity contribution in [2.24, 2.45) is 0 Å². The number of carbonyl (C=O) groups excluding carboxylic acids is 2. The quantitative estimate of drug-likeness (QED) is 0.215. The first-order valence-corrected chi connectivity index (χ1v) is 12.7. The molecule has 2 aromatic rings. The summed E-state index contributed by atoms with van der Waals surface area (Å²) < 4.78 is 16.5. The summed E-state index contributed by atoms with van der Waals surface area (Å²) in [6.45, 7) is 10.7. The van der Waals surface area contributed by atoms with E-state index in [1.165, 1.54) is 0 Å². The van der Waals surface area contributed by atoms with Gasteiger partial charge in [0.1, 0.15) is 23.9 Å². The monoisotopic (exact) mass is 506 g/mol. The number of ketones is 1. The van der Waals surface area contributed by atoms with Gasteiger partial charge in [-0.3, -0.25) is 14.5 Å². The molecule has 0 unspecified atom stereocenters. The summed E-state index contributed by atoms with van der Waals surface area (Å²) in [5.74, 6) is -0.177. The average molecular weight is 507 g/mol. The minimum Gasteiger partial charge on any atom is -0.507 e. The van der Waals surface area contributed by atoms with Crippen molar-refractivity contribution in [2.75, 3.05) is 52.6 Å². The van der Waals surface area contributed by atoms with Gasteiger partial charge in [0.15, 0.2) is 0 Å². The predicted molar refractivity (Wildman–Crippen MR) is 141 cm³/mol. The predicted octanol–water partition coefficient (Wildman–Crippen LogP) is 3.79. The molecule has 2 aromatic carbocycles. The number of hydrogen-bond acceptors (Lipinski definition) is 7. The van der Waals surface area contributed by atoms with Crippen molar-refractivity contribution in [2.45, 2.75) is 19.4 Å². The molecular weight excluding hydrogens is 472 g/mol. The van der Waals surface area contributed by atoms with E-state index in [0.717, 1.165) is 25.2 Å². The fraction of sp³-hybridized carbons (Fsp3) is 0.379. The van der Waals surface area contributed by atoms with Gasteiger partial charge in [0.05, 0.1) is 31.4 Å². The molecule has 4 rings (SSSR count). The number of carbonyl (C=O) groups is 2. The third kappa shape index (κ3) is 6.21. The highest BCUT2D eigenvalue weighted by Crippen LogP contribution is 2.40. The van der Waals surface area contributed by atoms with E-state index in [-0.39, 0.29) is 11.3 Å². The van der Waals surface area contributed by atoms with E-state index in [9.17, 15) is 14.7 Å². The maximum absolute atomic E-state index is 13.3. The van der Waals surface area contributed by atoms with Crippen LogP contribution >= 0.6 is 0 Å². The Kier molecular flexibility index (Phi) is 8.98. The van der Waals surface area contributed by atoms with Gasteiger partial charge in [-0.05, 0) is 55.3 Å². The molecule has 0 spiro atoms. The van der Waals surface area contributed by atoms with Crippen LogP contribution in [0.25, 0.3) is 5.76 Å². The Morgan fingerprint density at radius 1 is 1.03 bits per heavy atom. The molecule has 2 aliphatic rings. The summed E-state index contributed by atoms with van der Waals surface area (Å²) in [6.07, 6.45) is 2.36. The standard InChI is InChI=1S/C29H34N2O6/c1-3-18-37-24-10-6-21(7-11-24)26-25(27(32)22-8-12-23(13-9-22)36-4-2)28(33)29(34)31(26)15-5-14-30-16-19-35-20-17-30/h3,6-13,26,32H,1,4-5,14-20H2,2H3/b27-25+/t26-/m1/s1. The number of likely N-dealkylation sites (tertiary alicyclic amines) is 1. The Bertz CT molecular complexity index is 1120. The van der Waals surface area contributed by atoms with E-state index >= 15 is 0 Å². The van der Waals surface area contributed by atoms with Crippen LogP contribution in [-0.4, -0.2) is 79.2 Å². The van der Waals surface area contributed by atoms with Gasteiger partial charge >= 0.3 is 0 Å². The smallest absolute Gasteiger partial charge is 0.295 e. The second-order valence-electron chi connectivity index (χ2n) is 8.93. The van der Waals surface area contributed by atoms with Crippen molar-refractivity contribution in [1.29, 1.82) is 0 Å². The zero-order valence-electron chi connectivity index (χ0n) is 21.2. The summed E-state index contributed by atoms with van der Waals surface area (Å²) in [7, 11) is 0. The maximum atomic E-state index is 13.3. The molecular formula is C29H34N2O6. The molecule has 0 saturated carbocycles. The van der Waals surface area contributed by atoms with E-state index in [4.69, 9.17) is 14.2 Å². The van der Waals surface area contributed by atoms with Crippen LogP contribution in [-0.2, 0) is 14.3 Å². The number of rotatable bonds is 11. The van der Waals surface area contributed by atoms with E-state index in [1.54, 1.807) is 47.4 Å². The molecule has 196 valence electrons. The first-order chi connectivity index (χ1) is 18.0. The van der Waals surface area contributed by atoms with Crippen LogP contribution in [0.15, 0.2) is 66.8 Å². The summed E-state index contributed by atoms with van der Waals surface area (Å²) >= 11 is 0. The molecule has 0 radical (unpaired) electrons. The van der Waals surface area contributed by atoms with Crippen molar-refractivity contribution in [3.63, 3.8) is 0 Å². The van der Waals surface area contributed by atoms with Crippen LogP contribution in [0.4, 0.5) is 0 Å². The summed E-state index contributed by atoms with van der Waals surface area (Å²) in [5, 5.41) is 11.3. The van der Waals surface area contributed by atoms with Crippen molar-refractivity contribution in [1.82, 2.24) is 9.80 Å². The normalized spacial score (nSPS) is 19.7. The summed E-state index contributed by atoms with van der Waals surface area (Å²) in [5.41, 5.74) is 1.26. The lowest BCUT2D eigenvalue weighted by Gasteiger charge is -2.29. The molecule has 2 heterocycles. The van der Waals surface area contributed by atoms with Gasteiger partial charge in [0.25, 0.3) is 11.7 Å². The number of hydrogen-bond donors (Lipinski definition) is 1. The van der Waals surface area contributed by atoms with E-state index in [1.807, 2.05) is 19.1 Å². The van der Waals surface area contributed by atoms with Crippen molar-refractivity contribution in [3.05, 3.63) is 77.9 Å². The minimum atomic E-state index is -0.704. The lowest BCUT2D eigenvalue weighted by Crippen LogP contribution is -2.38. The number of aliphatic hydroxyl groups excluding tert-OH is 1. The lowest BCUT2D eigenvalue weighted by atomic mass is 9.95. The first kappa shape index (κ1) is 26.4. The van der Waals surface area contributed by atoms with Gasteiger partial charge in [0, 0.05) is 31.7 Å². The van der Waals surface area contributed by atoms with Crippen LogP contribution in [0.1, 0.15) is 30.5 Å². The Balaban J connectivity index is 1.64. The first-order valence-electron chi connectivity index (χ1n) is 12.7. The molecule has 37 heavy (non-hydrogen) atoms. The third-order valence-electron chi connectivity index (χ3n) is 6.52. The number of morpholine rings is 1. The molecule has 2 aliphatic heterocycles. The Morgan fingerprint density at radius 3 is 2.32 bits per heavy atom. The second kappa shape index (κ2) is 12.6. The highest BCUT2D eigenvalue weighted by Gasteiger charge is 2.45. The van der Waals surface area contributed by atoms with Gasteiger partial charge in [0.2, 0.25) is 0 Å². The number of nitrogens with zero attached hydrogens (tertiary/aromatic N) is 2. The highest BCUT2D eigenvalue weighted by molar-refractivity contribution is 6.46. The van der Waals surface area contributed by atoms with Crippen molar-refractivity contribution < 1.29 is 28.9 Å². The lowest BCUT2D eigenvalue weighted by molar-refractivity contribution is -0.140. The molecule has 1 amide bonds. The van der Waals surface area contributed by atoms with Crippen LogP contribution in [0.2, 0.25) is 0 Å². The van der Waals surface area contributed by atoms with Crippen molar-refractivity contribution >= 4 is 17.4 Å². The third-order valence-corrected chi connectivity index (χ3v) is 6.52. The zero-order chi connectivity index (χ0) is 26.2. The number of benzene rings is 2. The molecule has 0 aliphatic carbocycles. The van der Waals surface area contributed by atoms with E-state index in [0.29, 0.717) is 56.5 Å². The fourth-order valence-electron chi connectivity index (χ4n) is 4.68. The molecule has 8 heteroatoms. The van der Waals surface area contributed by atoms with Crippen LogP contribution in [0.5, 0.6) is 11.5 Å². The van der Waals surface area contributed by atoms with E-state index in [2.05, 4.69) is 11.5 Å². The van der Waals surface area contributed by atoms with Crippen molar-refractivity contribution in [3.8, 4) is 11.5 Å². The molecule has 0 aromatic heterocycles. The van der Waals surface area contributed by atoms with Crippen LogP contribution < -0.4 is 9.47 Å². The van der Waals surface area contributed by atoms with Crippen LogP contribution in [0, 0.1) is 0 Å². The minimum absolute atomic E-state index is 0.0836. The molecule has 1 N–H and O–H groups in total. The largest absolute Gasteiger partial charge is 0.507 e. The van der Waals surface area contributed by atoms with Gasteiger partial charge < -0.3 is 24.2 Å². The molecule has 1 atom stereocenters. The highest BCUT2D eigenvalue weighted by atomic mass is 16.5. The summed E-state index contributed by atoms with van der Waals surface area (Å²) in [4.78, 5) is 30.3. The fourth-order valence-corrected chi connectivity index (χ4v) is 4.68. The summed E-state index contributed by atoms with van der Waals surface area (Å²) in [6, 6.07) is 13.4. The molecule has 0 bridgehead atoms. The van der Waals surface area contributed by atoms with E-state index < -0.39 is 17.7 Å². The Hall–Kier alpha value is -3.62. The maximum Gasteiger partial charge on any atom is 0.295 e. The van der Waals surface area contributed by atoms with Gasteiger partial charge in [-0.1, -0.05) is 24.8 Å². The number of aliphatic hydroxyl groups is 1. The number of ether oxygens (including phenoxy) is 3.